The number of nitrogens with zero attached hydrogens (tertiary/aromatic N) is 2. The van der Waals surface area contributed by atoms with Gasteiger partial charge in [-0.05, 0) is 17.0 Å². The summed E-state index contributed by atoms with van der Waals surface area (Å²) in [6, 6.07) is 13.7. The summed E-state index contributed by atoms with van der Waals surface area (Å²) in [5.74, 6) is 0.106. The molecule has 0 atom stereocenters. The summed E-state index contributed by atoms with van der Waals surface area (Å²) in [6.45, 7) is 5.10. The highest BCUT2D eigenvalue weighted by molar-refractivity contribution is 7.09. The molecule has 2 aromatic rings. The highest BCUT2D eigenvalue weighted by Crippen LogP contribution is 2.13. The molecule has 0 bridgehead atoms. The van der Waals surface area contributed by atoms with Gasteiger partial charge in [0.1, 0.15) is 0 Å². The first-order valence-electron chi connectivity index (χ1n) is 9.29. The van der Waals surface area contributed by atoms with E-state index in [1.54, 1.807) is 11.3 Å². The zero-order valence-electron chi connectivity index (χ0n) is 15.4. The van der Waals surface area contributed by atoms with E-state index < -0.39 is 0 Å². The third-order valence-electron chi connectivity index (χ3n) is 4.60. The van der Waals surface area contributed by atoms with E-state index in [0.717, 1.165) is 38.3 Å². The van der Waals surface area contributed by atoms with Crippen molar-refractivity contribution in [3.8, 4) is 0 Å². The molecular formula is C20H26N4O2S. The van der Waals surface area contributed by atoms with Crippen LogP contribution in [0.3, 0.4) is 0 Å². The van der Waals surface area contributed by atoms with Crippen LogP contribution in [-0.2, 0) is 17.9 Å². The Morgan fingerprint density at radius 2 is 1.74 bits per heavy atom. The maximum atomic E-state index is 12.3. The van der Waals surface area contributed by atoms with E-state index in [1.807, 2.05) is 35.2 Å². The van der Waals surface area contributed by atoms with E-state index in [0.29, 0.717) is 19.5 Å². The molecule has 1 aromatic heterocycles. The van der Waals surface area contributed by atoms with E-state index in [-0.39, 0.29) is 11.9 Å². The van der Waals surface area contributed by atoms with Gasteiger partial charge in [0.15, 0.2) is 0 Å². The van der Waals surface area contributed by atoms with Gasteiger partial charge >= 0.3 is 6.03 Å². The highest BCUT2D eigenvalue weighted by Gasteiger charge is 2.21. The third kappa shape index (κ3) is 6.37. The second-order valence-corrected chi connectivity index (χ2v) is 7.61. The van der Waals surface area contributed by atoms with Crippen molar-refractivity contribution in [3.05, 3.63) is 58.3 Å². The molecule has 0 unspecified atom stereocenters. The number of nitrogens with one attached hydrogen (secondary N) is 2. The van der Waals surface area contributed by atoms with Crippen LogP contribution in [-0.4, -0.2) is 54.5 Å². The fraction of sp³-hybridized carbons (Fsp3) is 0.400. The number of carbonyl (C=O) groups excluding carboxylic acids is 2. The monoisotopic (exact) mass is 386 g/mol. The van der Waals surface area contributed by atoms with Gasteiger partial charge in [-0.3, -0.25) is 9.69 Å². The van der Waals surface area contributed by atoms with E-state index in [9.17, 15) is 9.59 Å². The molecular weight excluding hydrogens is 360 g/mol. The Balaban J connectivity index is 1.29. The zero-order chi connectivity index (χ0) is 18.9. The van der Waals surface area contributed by atoms with Crippen molar-refractivity contribution >= 4 is 23.3 Å². The summed E-state index contributed by atoms with van der Waals surface area (Å²) in [5, 5.41) is 7.65. The lowest BCUT2D eigenvalue weighted by Crippen LogP contribution is -2.48. The fourth-order valence-corrected chi connectivity index (χ4v) is 3.81. The first-order valence-corrected chi connectivity index (χ1v) is 10.2. The minimum atomic E-state index is -0.243. The first kappa shape index (κ1) is 19.4. The maximum absolute atomic E-state index is 12.3. The molecule has 144 valence electrons. The summed E-state index contributed by atoms with van der Waals surface area (Å²) < 4.78 is 0. The summed E-state index contributed by atoms with van der Waals surface area (Å²) >= 11 is 1.77. The molecule has 1 aromatic carbocycles. The topological polar surface area (TPSA) is 64.7 Å². The molecule has 0 radical (unpaired) electrons. The second kappa shape index (κ2) is 10.1. The van der Waals surface area contributed by atoms with E-state index in [2.05, 4.69) is 33.0 Å². The molecule has 0 saturated carbocycles. The summed E-state index contributed by atoms with van der Waals surface area (Å²) in [5.41, 5.74) is 1.05. The number of urea groups is 1. The van der Waals surface area contributed by atoms with Crippen molar-refractivity contribution in [1.29, 1.82) is 0 Å². The molecule has 6 nitrogen and oxygen atoms in total. The lowest BCUT2D eigenvalue weighted by Gasteiger charge is -2.34. The van der Waals surface area contributed by atoms with Gasteiger partial charge in [-0.1, -0.05) is 36.4 Å². The van der Waals surface area contributed by atoms with Crippen LogP contribution < -0.4 is 10.6 Å². The van der Waals surface area contributed by atoms with E-state index in [1.165, 1.54) is 4.88 Å². The van der Waals surface area contributed by atoms with Crippen LogP contribution in [0.2, 0.25) is 0 Å². The van der Waals surface area contributed by atoms with Crippen molar-refractivity contribution in [2.45, 2.75) is 19.5 Å². The molecule has 0 spiro atoms. The Labute approximate surface area is 164 Å². The van der Waals surface area contributed by atoms with Gasteiger partial charge < -0.3 is 15.5 Å². The number of benzene rings is 1. The average Bonchev–Trinajstić information content (AvgIpc) is 3.21. The van der Waals surface area contributed by atoms with Crippen LogP contribution in [0.4, 0.5) is 4.79 Å². The molecule has 27 heavy (non-hydrogen) atoms. The van der Waals surface area contributed by atoms with Gasteiger partial charge in [0.25, 0.3) is 0 Å². The number of hydrogen-bond acceptors (Lipinski definition) is 4. The number of thiophene rings is 1. The first-order chi connectivity index (χ1) is 13.2. The van der Waals surface area contributed by atoms with E-state index >= 15 is 0 Å². The number of hydrogen-bond donors (Lipinski definition) is 2. The van der Waals surface area contributed by atoms with E-state index in [4.69, 9.17) is 0 Å². The lowest BCUT2D eigenvalue weighted by molar-refractivity contribution is -0.132. The second-order valence-electron chi connectivity index (χ2n) is 6.58. The number of amides is 3. The number of piperazine rings is 1. The zero-order valence-corrected chi connectivity index (χ0v) is 16.2. The molecule has 2 heterocycles. The maximum Gasteiger partial charge on any atom is 0.315 e. The van der Waals surface area contributed by atoms with Crippen LogP contribution >= 0.6 is 11.3 Å². The minimum Gasteiger partial charge on any atom is -0.340 e. The van der Waals surface area contributed by atoms with Crippen LogP contribution in [0.5, 0.6) is 0 Å². The Morgan fingerprint density at radius 3 is 2.44 bits per heavy atom. The minimum absolute atomic E-state index is 0.106. The normalized spacial score (nSPS) is 14.7. The predicted octanol–water partition coefficient (Wildman–Crippen LogP) is 2.28. The lowest BCUT2D eigenvalue weighted by atomic mass is 10.2. The third-order valence-corrected chi connectivity index (χ3v) is 5.47. The Bertz CT molecular complexity index is 713. The van der Waals surface area contributed by atoms with Crippen molar-refractivity contribution in [2.75, 3.05) is 32.7 Å². The van der Waals surface area contributed by atoms with Crippen LogP contribution in [0.15, 0.2) is 47.8 Å². The number of rotatable bonds is 7. The molecule has 1 aliphatic heterocycles. The molecule has 3 amide bonds. The van der Waals surface area contributed by atoms with Crippen molar-refractivity contribution in [3.63, 3.8) is 0 Å². The van der Waals surface area contributed by atoms with Gasteiger partial charge in [0, 0.05) is 57.1 Å². The van der Waals surface area contributed by atoms with Crippen LogP contribution in [0, 0.1) is 0 Å². The standard InChI is InChI=1S/C20H26N4O2S/c25-19(8-9-21-20(26)22-15-17-5-2-1-3-6-17)24-12-10-23(11-13-24)16-18-7-4-14-27-18/h1-7,14H,8-13,15-16H2,(H2,21,22,26). The molecule has 1 fully saturated rings. The van der Waals surface area contributed by atoms with Gasteiger partial charge in [0.2, 0.25) is 5.91 Å². The predicted molar refractivity (Wildman–Crippen MR) is 107 cm³/mol. The molecule has 1 aliphatic rings. The molecule has 1 saturated heterocycles. The summed E-state index contributed by atoms with van der Waals surface area (Å²) in [7, 11) is 0. The number of carbonyl (C=O) groups is 2. The Kier molecular flexibility index (Phi) is 7.24. The van der Waals surface area contributed by atoms with Gasteiger partial charge in [-0.25, -0.2) is 4.79 Å². The SMILES string of the molecule is O=C(NCCC(=O)N1CCN(Cc2cccs2)CC1)NCc1ccccc1. The molecule has 7 heteroatoms. The van der Waals surface area contributed by atoms with Gasteiger partial charge in [0.05, 0.1) is 0 Å². The summed E-state index contributed by atoms with van der Waals surface area (Å²) in [4.78, 5) is 29.8. The van der Waals surface area contributed by atoms with Crippen molar-refractivity contribution in [1.82, 2.24) is 20.4 Å². The van der Waals surface area contributed by atoms with Crippen molar-refractivity contribution < 1.29 is 9.59 Å². The Morgan fingerprint density at radius 1 is 0.963 bits per heavy atom. The molecule has 0 aliphatic carbocycles. The van der Waals surface area contributed by atoms with Gasteiger partial charge in [-0.2, -0.15) is 0 Å². The molecule has 3 rings (SSSR count). The average molecular weight is 387 g/mol. The molecule has 2 N–H and O–H groups in total. The quantitative estimate of drug-likeness (QED) is 0.767. The van der Waals surface area contributed by atoms with Gasteiger partial charge in [-0.15, -0.1) is 11.3 Å². The van der Waals surface area contributed by atoms with Crippen LogP contribution in [0.25, 0.3) is 0 Å². The Hall–Kier alpha value is -2.38. The van der Waals surface area contributed by atoms with Crippen molar-refractivity contribution in [2.24, 2.45) is 0 Å². The smallest absolute Gasteiger partial charge is 0.315 e. The fourth-order valence-electron chi connectivity index (χ4n) is 3.06. The van der Waals surface area contributed by atoms with Crippen LogP contribution in [0.1, 0.15) is 16.9 Å². The largest absolute Gasteiger partial charge is 0.340 e. The summed E-state index contributed by atoms with van der Waals surface area (Å²) in [6.07, 6.45) is 0.337. The highest BCUT2D eigenvalue weighted by atomic mass is 32.1.